The monoisotopic (exact) mass is 342 g/mol. The first-order chi connectivity index (χ1) is 11.7. The smallest absolute Gasteiger partial charge is 0.255 e. The number of carbonyl (C=O) groups is 1. The molecule has 2 heterocycles. The summed E-state index contributed by atoms with van der Waals surface area (Å²) in [6, 6.07) is 3.28. The van der Waals surface area contributed by atoms with Gasteiger partial charge in [0.2, 0.25) is 5.56 Å². The lowest BCUT2D eigenvalue weighted by atomic mass is 9.91. The fourth-order valence-electron chi connectivity index (χ4n) is 3.71. The van der Waals surface area contributed by atoms with Crippen LogP contribution in [0, 0.1) is 13.8 Å². The van der Waals surface area contributed by atoms with Gasteiger partial charge in [-0.3, -0.25) is 14.3 Å². The van der Waals surface area contributed by atoms with E-state index >= 15 is 0 Å². The van der Waals surface area contributed by atoms with Crippen LogP contribution in [0.5, 0.6) is 0 Å². The molecule has 1 unspecified atom stereocenters. The number of H-pyrrole nitrogens is 1. The second-order valence-corrected chi connectivity index (χ2v) is 7.80. The van der Waals surface area contributed by atoms with Crippen molar-refractivity contribution in [3.8, 4) is 0 Å². The van der Waals surface area contributed by atoms with E-state index in [0.717, 1.165) is 41.9 Å². The standard InChI is InChI=1S/C19H26N4O2/c1-11-17(12(2)23(22-11)19(3,4)5)18(25)21-15-8-6-7-14-13(15)9-10-16(24)20-14/h9-10,15H,6-8H2,1-5H3,(H,20,24)(H,21,25). The van der Waals surface area contributed by atoms with E-state index in [1.165, 1.54) is 6.07 Å². The first kappa shape index (κ1) is 17.5. The van der Waals surface area contributed by atoms with Gasteiger partial charge in [-0.2, -0.15) is 5.10 Å². The molecule has 1 aliphatic carbocycles. The van der Waals surface area contributed by atoms with Crippen molar-refractivity contribution in [1.82, 2.24) is 20.1 Å². The van der Waals surface area contributed by atoms with Crippen LogP contribution < -0.4 is 10.9 Å². The molecule has 2 aromatic rings. The molecule has 2 aromatic heterocycles. The van der Waals surface area contributed by atoms with Gasteiger partial charge in [0.25, 0.3) is 5.91 Å². The summed E-state index contributed by atoms with van der Waals surface area (Å²) in [4.78, 5) is 27.4. The normalized spacial score (nSPS) is 17.2. The Morgan fingerprint density at radius 3 is 2.68 bits per heavy atom. The van der Waals surface area contributed by atoms with Gasteiger partial charge in [0, 0.05) is 17.5 Å². The summed E-state index contributed by atoms with van der Waals surface area (Å²) in [5.41, 5.74) is 3.93. The van der Waals surface area contributed by atoms with Crippen LogP contribution in [0.4, 0.5) is 0 Å². The molecule has 0 bridgehead atoms. The number of hydrogen-bond donors (Lipinski definition) is 2. The van der Waals surface area contributed by atoms with E-state index in [-0.39, 0.29) is 23.0 Å². The number of fused-ring (bicyclic) bond motifs is 1. The van der Waals surface area contributed by atoms with Crippen LogP contribution in [0.1, 0.15) is 72.7 Å². The van der Waals surface area contributed by atoms with E-state index in [0.29, 0.717) is 5.56 Å². The zero-order valence-electron chi connectivity index (χ0n) is 15.6. The SMILES string of the molecule is Cc1nn(C(C)(C)C)c(C)c1C(=O)NC1CCCc2[nH]c(=O)ccc21. The number of pyridine rings is 1. The maximum Gasteiger partial charge on any atom is 0.255 e. The number of aromatic amines is 1. The topological polar surface area (TPSA) is 79.8 Å². The van der Waals surface area contributed by atoms with Crippen molar-refractivity contribution in [2.45, 2.75) is 65.5 Å². The molecular weight excluding hydrogens is 316 g/mol. The van der Waals surface area contributed by atoms with Gasteiger partial charge in [-0.1, -0.05) is 0 Å². The van der Waals surface area contributed by atoms with Gasteiger partial charge >= 0.3 is 0 Å². The molecule has 0 saturated heterocycles. The maximum atomic E-state index is 12.9. The first-order valence-electron chi connectivity index (χ1n) is 8.78. The van der Waals surface area contributed by atoms with Crippen LogP contribution >= 0.6 is 0 Å². The lowest BCUT2D eigenvalue weighted by molar-refractivity contribution is 0.0931. The van der Waals surface area contributed by atoms with Gasteiger partial charge in [0.15, 0.2) is 0 Å². The quantitative estimate of drug-likeness (QED) is 0.881. The molecule has 6 nitrogen and oxygen atoms in total. The van der Waals surface area contributed by atoms with E-state index in [4.69, 9.17) is 0 Å². The van der Waals surface area contributed by atoms with Crippen molar-refractivity contribution in [2.75, 3.05) is 0 Å². The lowest BCUT2D eigenvalue weighted by Crippen LogP contribution is -2.33. The molecule has 2 N–H and O–H groups in total. The summed E-state index contributed by atoms with van der Waals surface area (Å²) < 4.78 is 1.91. The van der Waals surface area contributed by atoms with Gasteiger partial charge in [-0.05, 0) is 65.5 Å². The molecule has 1 aliphatic rings. The molecule has 134 valence electrons. The fraction of sp³-hybridized carbons (Fsp3) is 0.526. The summed E-state index contributed by atoms with van der Waals surface area (Å²) in [7, 11) is 0. The zero-order chi connectivity index (χ0) is 18.4. The van der Waals surface area contributed by atoms with Gasteiger partial charge in [-0.25, -0.2) is 0 Å². The third-order valence-electron chi connectivity index (χ3n) is 4.79. The molecular formula is C19H26N4O2. The summed E-state index contributed by atoms with van der Waals surface area (Å²) in [5, 5.41) is 7.70. The molecule has 1 amide bonds. The second kappa shape index (κ2) is 6.17. The Bertz CT molecular complexity index is 871. The van der Waals surface area contributed by atoms with Crippen LogP contribution in [0.25, 0.3) is 0 Å². The Morgan fingerprint density at radius 1 is 1.32 bits per heavy atom. The Kier molecular flexibility index (Phi) is 4.31. The van der Waals surface area contributed by atoms with Crippen LogP contribution in [0.15, 0.2) is 16.9 Å². The highest BCUT2D eigenvalue weighted by atomic mass is 16.1. The van der Waals surface area contributed by atoms with Gasteiger partial charge < -0.3 is 10.3 Å². The number of hydrogen-bond acceptors (Lipinski definition) is 3. The molecule has 0 aliphatic heterocycles. The summed E-state index contributed by atoms with van der Waals surface area (Å²) >= 11 is 0. The number of rotatable bonds is 2. The number of aromatic nitrogens is 3. The molecule has 0 aromatic carbocycles. The van der Waals surface area contributed by atoms with E-state index in [1.807, 2.05) is 24.6 Å². The summed E-state index contributed by atoms with van der Waals surface area (Å²) in [6.07, 6.45) is 2.66. The van der Waals surface area contributed by atoms with Crippen LogP contribution in [0.2, 0.25) is 0 Å². The molecule has 0 spiro atoms. The van der Waals surface area contributed by atoms with Crippen LogP contribution in [-0.4, -0.2) is 20.7 Å². The molecule has 1 atom stereocenters. The van der Waals surface area contributed by atoms with E-state index in [9.17, 15) is 9.59 Å². The second-order valence-electron chi connectivity index (χ2n) is 7.80. The molecule has 0 radical (unpaired) electrons. The van der Waals surface area contributed by atoms with Crippen molar-refractivity contribution in [1.29, 1.82) is 0 Å². The summed E-state index contributed by atoms with van der Waals surface area (Å²) in [5.74, 6) is -0.102. The predicted molar refractivity (Wildman–Crippen MR) is 96.9 cm³/mol. The number of nitrogens with one attached hydrogen (secondary N) is 2. The van der Waals surface area contributed by atoms with Crippen molar-refractivity contribution < 1.29 is 4.79 Å². The molecule has 6 heteroatoms. The van der Waals surface area contributed by atoms with Crippen molar-refractivity contribution in [2.24, 2.45) is 0 Å². The van der Waals surface area contributed by atoms with E-state index in [1.54, 1.807) is 0 Å². The molecule has 0 saturated carbocycles. The van der Waals surface area contributed by atoms with Crippen LogP contribution in [0.3, 0.4) is 0 Å². The number of nitrogens with zero attached hydrogens (tertiary/aromatic N) is 2. The minimum atomic E-state index is -0.176. The largest absolute Gasteiger partial charge is 0.345 e. The third kappa shape index (κ3) is 3.25. The minimum absolute atomic E-state index is 0.0788. The highest BCUT2D eigenvalue weighted by molar-refractivity contribution is 5.96. The molecule has 25 heavy (non-hydrogen) atoms. The minimum Gasteiger partial charge on any atom is -0.345 e. The van der Waals surface area contributed by atoms with Crippen molar-refractivity contribution >= 4 is 5.91 Å². The van der Waals surface area contributed by atoms with E-state index < -0.39 is 0 Å². The maximum absolute atomic E-state index is 12.9. The highest BCUT2D eigenvalue weighted by Gasteiger charge is 2.28. The zero-order valence-corrected chi connectivity index (χ0v) is 15.6. The highest BCUT2D eigenvalue weighted by Crippen LogP contribution is 2.28. The van der Waals surface area contributed by atoms with Crippen molar-refractivity contribution in [3.05, 3.63) is 50.7 Å². The van der Waals surface area contributed by atoms with Gasteiger partial charge in [-0.15, -0.1) is 0 Å². The molecule has 0 fully saturated rings. The Hall–Kier alpha value is -2.37. The average molecular weight is 342 g/mol. The third-order valence-corrected chi connectivity index (χ3v) is 4.79. The van der Waals surface area contributed by atoms with Crippen molar-refractivity contribution in [3.63, 3.8) is 0 Å². The lowest BCUT2D eigenvalue weighted by Gasteiger charge is -2.26. The number of carbonyl (C=O) groups excluding carboxylic acids is 1. The molecule has 3 rings (SSSR count). The van der Waals surface area contributed by atoms with Crippen LogP contribution in [-0.2, 0) is 12.0 Å². The van der Waals surface area contributed by atoms with Gasteiger partial charge in [0.05, 0.1) is 22.8 Å². The fourth-order valence-corrected chi connectivity index (χ4v) is 3.71. The Labute approximate surface area is 147 Å². The Balaban J connectivity index is 1.90. The van der Waals surface area contributed by atoms with Gasteiger partial charge in [0.1, 0.15) is 0 Å². The number of aryl methyl sites for hydroxylation is 2. The van der Waals surface area contributed by atoms with E-state index in [2.05, 4.69) is 36.2 Å². The predicted octanol–water partition coefficient (Wildman–Crippen LogP) is 2.75. The number of amides is 1. The average Bonchev–Trinajstić information content (AvgIpc) is 2.82. The summed E-state index contributed by atoms with van der Waals surface area (Å²) in [6.45, 7) is 10.0. The Morgan fingerprint density at radius 2 is 2.04 bits per heavy atom. The first-order valence-corrected chi connectivity index (χ1v) is 8.78.